The number of likely N-dealkylation sites (N-methyl/N-ethyl adjacent to an activating group) is 1. The molecular formula is C8H13N3O. The summed E-state index contributed by atoms with van der Waals surface area (Å²) in [6, 6.07) is 0. The van der Waals surface area contributed by atoms with Gasteiger partial charge in [-0.15, -0.1) is 0 Å². The van der Waals surface area contributed by atoms with Crippen LogP contribution in [0.2, 0.25) is 0 Å². The summed E-state index contributed by atoms with van der Waals surface area (Å²) in [5.74, 6) is 0. The minimum absolute atomic E-state index is 0.486. The lowest BCUT2D eigenvalue weighted by Crippen LogP contribution is -2.33. The maximum Gasteiger partial charge on any atom is 0.115 e. The van der Waals surface area contributed by atoms with E-state index in [2.05, 4.69) is 15.3 Å². The van der Waals surface area contributed by atoms with Crippen LogP contribution in [0.25, 0.3) is 0 Å². The molecule has 1 atom stereocenters. The molecule has 12 heavy (non-hydrogen) atoms. The van der Waals surface area contributed by atoms with Crippen molar-refractivity contribution in [2.24, 2.45) is 0 Å². The Morgan fingerprint density at radius 2 is 2.08 bits per heavy atom. The molecule has 0 saturated heterocycles. The van der Waals surface area contributed by atoms with Gasteiger partial charge in [-0.05, 0) is 14.0 Å². The van der Waals surface area contributed by atoms with Crippen LogP contribution in [0.3, 0.4) is 0 Å². The fourth-order valence-electron chi connectivity index (χ4n) is 1.02. The number of rotatable bonds is 3. The van der Waals surface area contributed by atoms with Gasteiger partial charge in [-0.25, -0.2) is 9.97 Å². The van der Waals surface area contributed by atoms with Crippen LogP contribution in [0.1, 0.15) is 12.5 Å². The minimum Gasteiger partial charge on any atom is -0.384 e. The molecule has 1 unspecified atom stereocenters. The molecule has 0 radical (unpaired) electrons. The van der Waals surface area contributed by atoms with E-state index in [1.165, 1.54) is 6.33 Å². The molecule has 0 aliphatic carbocycles. The zero-order valence-corrected chi connectivity index (χ0v) is 7.28. The standard InChI is InChI=1S/C8H13N3O/c1-8(12,5-9-2)7-3-10-6-11-4-7/h3-4,6,9,12H,5H2,1-2H3. The van der Waals surface area contributed by atoms with Crippen molar-refractivity contribution in [1.29, 1.82) is 0 Å². The van der Waals surface area contributed by atoms with Crippen molar-refractivity contribution < 1.29 is 5.11 Å². The van der Waals surface area contributed by atoms with Gasteiger partial charge in [-0.1, -0.05) is 0 Å². The Kier molecular flexibility index (Phi) is 2.73. The van der Waals surface area contributed by atoms with Gasteiger partial charge in [0.2, 0.25) is 0 Å². The highest BCUT2D eigenvalue weighted by Crippen LogP contribution is 2.16. The zero-order valence-electron chi connectivity index (χ0n) is 7.28. The van der Waals surface area contributed by atoms with E-state index < -0.39 is 5.60 Å². The SMILES string of the molecule is CNCC(C)(O)c1cncnc1. The fraction of sp³-hybridized carbons (Fsp3) is 0.500. The Labute approximate surface area is 71.7 Å². The quantitative estimate of drug-likeness (QED) is 0.660. The first-order valence-corrected chi connectivity index (χ1v) is 3.79. The smallest absolute Gasteiger partial charge is 0.115 e. The van der Waals surface area contributed by atoms with Crippen molar-refractivity contribution in [3.05, 3.63) is 24.3 Å². The van der Waals surface area contributed by atoms with Crippen molar-refractivity contribution in [2.75, 3.05) is 13.6 Å². The predicted molar refractivity (Wildman–Crippen MR) is 45.5 cm³/mol. The van der Waals surface area contributed by atoms with Crippen molar-refractivity contribution >= 4 is 0 Å². The minimum atomic E-state index is -0.893. The van der Waals surface area contributed by atoms with Crippen molar-refractivity contribution in [2.45, 2.75) is 12.5 Å². The summed E-state index contributed by atoms with van der Waals surface area (Å²) < 4.78 is 0. The average Bonchev–Trinajstić information content (AvgIpc) is 2.06. The maximum atomic E-state index is 9.84. The molecule has 1 aromatic heterocycles. The Morgan fingerprint density at radius 1 is 1.50 bits per heavy atom. The highest BCUT2D eigenvalue weighted by atomic mass is 16.3. The van der Waals surface area contributed by atoms with Crippen LogP contribution < -0.4 is 5.32 Å². The van der Waals surface area contributed by atoms with E-state index in [0.717, 1.165) is 5.56 Å². The van der Waals surface area contributed by atoms with E-state index in [9.17, 15) is 5.11 Å². The van der Waals surface area contributed by atoms with Gasteiger partial charge in [0.25, 0.3) is 0 Å². The van der Waals surface area contributed by atoms with Crippen LogP contribution in [-0.4, -0.2) is 28.7 Å². The van der Waals surface area contributed by atoms with Gasteiger partial charge in [-0.3, -0.25) is 0 Å². The summed E-state index contributed by atoms with van der Waals surface area (Å²) in [6.45, 7) is 2.21. The van der Waals surface area contributed by atoms with Crippen LogP contribution in [0, 0.1) is 0 Å². The summed E-state index contributed by atoms with van der Waals surface area (Å²) in [4.78, 5) is 7.67. The lowest BCUT2D eigenvalue weighted by Gasteiger charge is -2.22. The number of nitrogens with one attached hydrogen (secondary N) is 1. The Morgan fingerprint density at radius 3 is 2.58 bits per heavy atom. The second-order valence-electron chi connectivity index (χ2n) is 2.93. The van der Waals surface area contributed by atoms with Crippen LogP contribution in [0.4, 0.5) is 0 Å². The third-order valence-corrected chi connectivity index (χ3v) is 1.70. The van der Waals surface area contributed by atoms with Gasteiger partial charge in [-0.2, -0.15) is 0 Å². The molecule has 4 heteroatoms. The van der Waals surface area contributed by atoms with Gasteiger partial charge in [0.05, 0.1) is 0 Å². The predicted octanol–water partition coefficient (Wildman–Crippen LogP) is -0.0965. The van der Waals surface area contributed by atoms with Gasteiger partial charge < -0.3 is 10.4 Å². The molecule has 0 fully saturated rings. The number of nitrogens with zero attached hydrogens (tertiary/aromatic N) is 2. The molecule has 0 amide bonds. The molecule has 0 saturated carbocycles. The Bertz CT molecular complexity index is 235. The van der Waals surface area contributed by atoms with Crippen molar-refractivity contribution in [1.82, 2.24) is 15.3 Å². The van der Waals surface area contributed by atoms with Crippen LogP contribution >= 0.6 is 0 Å². The van der Waals surface area contributed by atoms with Crippen LogP contribution in [0.5, 0.6) is 0 Å². The topological polar surface area (TPSA) is 58.0 Å². The van der Waals surface area contributed by atoms with E-state index in [-0.39, 0.29) is 0 Å². The molecule has 1 heterocycles. The molecular weight excluding hydrogens is 154 g/mol. The summed E-state index contributed by atoms with van der Waals surface area (Å²) in [5.41, 5.74) is -0.171. The molecule has 4 nitrogen and oxygen atoms in total. The molecule has 1 rings (SSSR count). The summed E-state index contributed by atoms with van der Waals surface area (Å²) in [6.07, 6.45) is 4.67. The summed E-state index contributed by atoms with van der Waals surface area (Å²) >= 11 is 0. The maximum absolute atomic E-state index is 9.84. The first kappa shape index (κ1) is 9.09. The van der Waals surface area contributed by atoms with E-state index in [1.54, 1.807) is 26.4 Å². The number of hydrogen-bond donors (Lipinski definition) is 2. The van der Waals surface area contributed by atoms with E-state index in [4.69, 9.17) is 0 Å². The highest BCUT2D eigenvalue weighted by molar-refractivity contribution is 5.13. The Balaban J connectivity index is 2.82. The molecule has 0 spiro atoms. The molecule has 0 aliphatic heterocycles. The second-order valence-corrected chi connectivity index (χ2v) is 2.93. The Hall–Kier alpha value is -1.00. The average molecular weight is 167 g/mol. The van der Waals surface area contributed by atoms with Crippen molar-refractivity contribution in [3.8, 4) is 0 Å². The summed E-state index contributed by atoms with van der Waals surface area (Å²) in [7, 11) is 1.79. The van der Waals surface area contributed by atoms with E-state index >= 15 is 0 Å². The third kappa shape index (κ3) is 1.99. The molecule has 0 aromatic carbocycles. The first-order valence-electron chi connectivity index (χ1n) is 3.79. The molecule has 0 aliphatic rings. The van der Waals surface area contributed by atoms with E-state index in [0.29, 0.717) is 6.54 Å². The molecule has 66 valence electrons. The normalized spacial score (nSPS) is 15.6. The third-order valence-electron chi connectivity index (χ3n) is 1.70. The molecule has 1 aromatic rings. The number of hydrogen-bond acceptors (Lipinski definition) is 4. The monoisotopic (exact) mass is 167 g/mol. The van der Waals surface area contributed by atoms with Gasteiger partial charge in [0, 0.05) is 24.5 Å². The van der Waals surface area contributed by atoms with Gasteiger partial charge in [0.15, 0.2) is 0 Å². The number of aliphatic hydroxyl groups is 1. The van der Waals surface area contributed by atoms with Gasteiger partial charge >= 0.3 is 0 Å². The van der Waals surface area contributed by atoms with Gasteiger partial charge in [0.1, 0.15) is 11.9 Å². The lowest BCUT2D eigenvalue weighted by atomic mass is 9.99. The molecule has 2 N–H and O–H groups in total. The summed E-state index contributed by atoms with van der Waals surface area (Å²) in [5, 5.41) is 12.7. The van der Waals surface area contributed by atoms with Crippen molar-refractivity contribution in [3.63, 3.8) is 0 Å². The fourth-order valence-corrected chi connectivity index (χ4v) is 1.02. The molecule has 0 bridgehead atoms. The van der Waals surface area contributed by atoms with Crippen LogP contribution in [0.15, 0.2) is 18.7 Å². The lowest BCUT2D eigenvalue weighted by molar-refractivity contribution is 0.0584. The first-order chi connectivity index (χ1) is 5.67. The highest BCUT2D eigenvalue weighted by Gasteiger charge is 2.22. The van der Waals surface area contributed by atoms with E-state index in [1.807, 2.05) is 0 Å². The second kappa shape index (κ2) is 3.60. The zero-order chi connectivity index (χ0) is 9.03. The number of aromatic nitrogens is 2. The largest absolute Gasteiger partial charge is 0.384 e. The van der Waals surface area contributed by atoms with Crippen LogP contribution in [-0.2, 0) is 5.60 Å².